The summed E-state index contributed by atoms with van der Waals surface area (Å²) in [4.78, 5) is 48.1. The number of likely N-dealkylation sites (tertiary alicyclic amines) is 2. The molecule has 7 nitrogen and oxygen atoms in total. The predicted octanol–water partition coefficient (Wildman–Crippen LogP) is 6.04. The molecule has 1 aromatic rings. The van der Waals surface area contributed by atoms with Crippen molar-refractivity contribution < 1.29 is 14.4 Å². The molecule has 7 heteroatoms. The van der Waals surface area contributed by atoms with Crippen molar-refractivity contribution in [1.82, 2.24) is 20.0 Å². The Morgan fingerprint density at radius 2 is 1.61 bits per heavy atom. The number of hydrogen-bond acceptors (Lipinski definition) is 4. The van der Waals surface area contributed by atoms with Crippen molar-refractivity contribution >= 4 is 17.7 Å². The number of carbonyl (C=O) groups is 3. The molecule has 44 heavy (non-hydrogen) atoms. The Kier molecular flexibility index (Phi) is 12.3. The number of likely N-dealkylation sites (N-methyl/N-ethyl adjacent to an activating group) is 1. The largest absolute Gasteiger partial charge is 0.344 e. The van der Waals surface area contributed by atoms with Crippen molar-refractivity contribution in [3.63, 3.8) is 0 Å². The molecule has 246 valence electrons. The van der Waals surface area contributed by atoms with Crippen LogP contribution in [0.1, 0.15) is 100.0 Å². The van der Waals surface area contributed by atoms with Gasteiger partial charge in [-0.15, -0.1) is 0 Å². The van der Waals surface area contributed by atoms with Crippen LogP contribution in [0.25, 0.3) is 0 Å². The second kappa shape index (κ2) is 15.1. The van der Waals surface area contributed by atoms with E-state index in [0.717, 1.165) is 44.6 Å². The van der Waals surface area contributed by atoms with E-state index in [0.29, 0.717) is 12.0 Å². The smallest absolute Gasteiger partial charge is 0.249 e. The summed E-state index contributed by atoms with van der Waals surface area (Å²) >= 11 is 0. The van der Waals surface area contributed by atoms with Crippen molar-refractivity contribution in [1.29, 1.82) is 0 Å². The van der Waals surface area contributed by atoms with Crippen molar-refractivity contribution in [3.8, 4) is 0 Å². The number of nitrogens with zero attached hydrogens (tertiary/aromatic N) is 3. The second-order valence-corrected chi connectivity index (χ2v) is 15.2. The molecule has 0 saturated carbocycles. The molecule has 0 bridgehead atoms. The molecule has 0 unspecified atom stereocenters. The fourth-order valence-electron chi connectivity index (χ4n) is 7.20. The zero-order valence-electron chi connectivity index (χ0n) is 29.3. The Morgan fingerprint density at radius 3 is 2.16 bits per heavy atom. The first-order valence-corrected chi connectivity index (χ1v) is 16.9. The summed E-state index contributed by atoms with van der Waals surface area (Å²) in [5.74, 6) is -0.386. The fraction of sp³-hybridized carbons (Fsp3) is 0.703. The van der Waals surface area contributed by atoms with E-state index in [1.54, 1.807) is 4.90 Å². The molecule has 3 rings (SSSR count). The van der Waals surface area contributed by atoms with Crippen LogP contribution >= 0.6 is 0 Å². The van der Waals surface area contributed by atoms with Gasteiger partial charge in [-0.05, 0) is 69.0 Å². The quantitative estimate of drug-likeness (QED) is 0.294. The number of hydrogen-bond donors (Lipinski definition) is 1. The highest BCUT2D eigenvalue weighted by Gasteiger charge is 2.41. The third-order valence-electron chi connectivity index (χ3n) is 10.1. The van der Waals surface area contributed by atoms with Gasteiger partial charge in [0.2, 0.25) is 17.7 Å². The van der Waals surface area contributed by atoms with Gasteiger partial charge in [-0.25, -0.2) is 0 Å². The highest BCUT2D eigenvalue weighted by molar-refractivity contribution is 5.94. The van der Waals surface area contributed by atoms with E-state index in [-0.39, 0.29) is 41.6 Å². The maximum atomic E-state index is 14.2. The van der Waals surface area contributed by atoms with E-state index in [1.165, 1.54) is 12.8 Å². The van der Waals surface area contributed by atoms with Gasteiger partial charge in [0.15, 0.2) is 0 Å². The predicted molar refractivity (Wildman–Crippen MR) is 180 cm³/mol. The van der Waals surface area contributed by atoms with E-state index in [2.05, 4.69) is 54.9 Å². The Balaban J connectivity index is 1.79. The summed E-state index contributed by atoms with van der Waals surface area (Å²) in [6.45, 7) is 22.3. The number of nitrogens with one attached hydrogen (secondary N) is 1. The molecule has 3 amide bonds. The van der Waals surface area contributed by atoms with Crippen molar-refractivity contribution in [2.24, 2.45) is 17.3 Å². The SMILES string of the molecule is CC[C@H](C(=O)N[C@H](C(=O)N(C)[C@H](/C=C(\C)C(=O)N1CCC[C@H]1CN1CCCC1)C(C)C)C(C)(C)C)C(C)(C)c1ccccc1. The van der Waals surface area contributed by atoms with E-state index >= 15 is 0 Å². The molecule has 4 atom stereocenters. The van der Waals surface area contributed by atoms with Crippen LogP contribution in [-0.2, 0) is 19.8 Å². The summed E-state index contributed by atoms with van der Waals surface area (Å²) in [5, 5.41) is 3.19. The van der Waals surface area contributed by atoms with Crippen LogP contribution in [0.5, 0.6) is 0 Å². The highest BCUT2D eigenvalue weighted by atomic mass is 16.2. The molecular formula is C37H60N4O3. The fourth-order valence-corrected chi connectivity index (χ4v) is 7.20. The normalized spacial score (nSPS) is 20.5. The van der Waals surface area contributed by atoms with Gasteiger partial charge in [0.25, 0.3) is 0 Å². The van der Waals surface area contributed by atoms with E-state index in [1.807, 2.05) is 65.9 Å². The molecule has 0 spiro atoms. The molecule has 0 aliphatic carbocycles. The van der Waals surface area contributed by atoms with Gasteiger partial charge >= 0.3 is 0 Å². The van der Waals surface area contributed by atoms with Gasteiger partial charge in [0.05, 0.1) is 6.04 Å². The molecule has 2 fully saturated rings. The lowest BCUT2D eigenvalue weighted by molar-refractivity contribution is -0.141. The van der Waals surface area contributed by atoms with Gasteiger partial charge in [-0.1, -0.05) is 91.8 Å². The van der Waals surface area contributed by atoms with Crippen LogP contribution in [0.2, 0.25) is 0 Å². The monoisotopic (exact) mass is 608 g/mol. The third-order valence-corrected chi connectivity index (χ3v) is 10.1. The van der Waals surface area contributed by atoms with Gasteiger partial charge in [-0.3, -0.25) is 14.4 Å². The number of amides is 3. The Labute approximate surface area is 267 Å². The van der Waals surface area contributed by atoms with Crippen LogP contribution in [0.4, 0.5) is 0 Å². The molecule has 2 saturated heterocycles. The Hall–Kier alpha value is -2.67. The molecular weight excluding hydrogens is 548 g/mol. The minimum Gasteiger partial charge on any atom is -0.344 e. The van der Waals surface area contributed by atoms with Crippen molar-refractivity contribution in [2.75, 3.05) is 33.2 Å². The Morgan fingerprint density at radius 1 is 1.00 bits per heavy atom. The zero-order chi connectivity index (χ0) is 32.8. The summed E-state index contributed by atoms with van der Waals surface area (Å²) in [7, 11) is 1.81. The average molecular weight is 609 g/mol. The lowest BCUT2D eigenvalue weighted by Crippen LogP contribution is -2.58. The molecule has 1 aromatic carbocycles. The molecule has 0 radical (unpaired) electrons. The van der Waals surface area contributed by atoms with Crippen molar-refractivity contribution in [2.45, 2.75) is 118 Å². The average Bonchev–Trinajstić information content (AvgIpc) is 3.66. The second-order valence-electron chi connectivity index (χ2n) is 15.2. The van der Waals surface area contributed by atoms with Gasteiger partial charge in [0, 0.05) is 43.1 Å². The number of carbonyl (C=O) groups excluding carboxylic acids is 3. The van der Waals surface area contributed by atoms with E-state index < -0.39 is 16.9 Å². The van der Waals surface area contributed by atoms with Crippen LogP contribution < -0.4 is 5.32 Å². The van der Waals surface area contributed by atoms with E-state index in [4.69, 9.17) is 0 Å². The molecule has 2 heterocycles. The van der Waals surface area contributed by atoms with Gasteiger partial charge in [-0.2, -0.15) is 0 Å². The Bertz CT molecular complexity index is 1150. The van der Waals surface area contributed by atoms with E-state index in [9.17, 15) is 14.4 Å². The highest BCUT2D eigenvalue weighted by Crippen LogP contribution is 2.35. The molecule has 1 N–H and O–H groups in total. The minimum absolute atomic E-state index is 0.0767. The summed E-state index contributed by atoms with van der Waals surface area (Å²) < 4.78 is 0. The van der Waals surface area contributed by atoms with Crippen molar-refractivity contribution in [3.05, 3.63) is 47.5 Å². The van der Waals surface area contributed by atoms with Crippen LogP contribution in [0, 0.1) is 17.3 Å². The summed E-state index contributed by atoms with van der Waals surface area (Å²) in [5.41, 5.74) is 0.873. The van der Waals surface area contributed by atoms with Crippen LogP contribution in [0.15, 0.2) is 42.0 Å². The first kappa shape index (κ1) is 35.8. The first-order chi connectivity index (χ1) is 20.6. The van der Waals surface area contributed by atoms with Crippen LogP contribution in [0.3, 0.4) is 0 Å². The molecule has 0 aromatic heterocycles. The summed E-state index contributed by atoms with van der Waals surface area (Å²) in [6, 6.07) is 9.38. The maximum Gasteiger partial charge on any atom is 0.249 e. The first-order valence-electron chi connectivity index (χ1n) is 16.9. The number of benzene rings is 1. The minimum atomic E-state index is -0.713. The standard InChI is InChI=1S/C37H60N4O3/c1-11-30(37(8,9)28-18-13-12-14-19-28)33(42)38-32(36(5,6)7)35(44)39(10)31(26(2)3)24-27(4)34(43)41-23-17-20-29(41)25-40-21-15-16-22-40/h12-14,18-19,24,26,29-32H,11,15-17,20-23,25H2,1-10H3,(H,38,42)/b27-24+/t29-,30+,31+,32+/m0/s1. The third kappa shape index (κ3) is 8.52. The lowest BCUT2D eigenvalue weighted by atomic mass is 9.71. The van der Waals surface area contributed by atoms with Gasteiger partial charge < -0.3 is 20.0 Å². The number of rotatable bonds is 12. The molecule has 2 aliphatic rings. The topological polar surface area (TPSA) is 73.0 Å². The molecule has 2 aliphatic heterocycles. The zero-order valence-corrected chi connectivity index (χ0v) is 29.3. The van der Waals surface area contributed by atoms with Crippen LogP contribution in [-0.4, -0.2) is 83.8 Å². The van der Waals surface area contributed by atoms with Gasteiger partial charge in [0.1, 0.15) is 6.04 Å². The maximum absolute atomic E-state index is 14.2. The lowest BCUT2D eigenvalue weighted by Gasteiger charge is -2.40. The summed E-state index contributed by atoms with van der Waals surface area (Å²) in [6.07, 6.45) is 7.21.